The SMILES string of the molecule is COc1cc(C)ccc1C(O)(c1ccc(CO)cc1CO)c1c(CO)cc(CO)cc1OC. The zero-order valence-electron chi connectivity index (χ0n) is 19.0. The van der Waals surface area contributed by atoms with Gasteiger partial charge in [0.1, 0.15) is 17.1 Å². The van der Waals surface area contributed by atoms with Crippen LogP contribution in [0.25, 0.3) is 0 Å². The van der Waals surface area contributed by atoms with Crippen molar-refractivity contribution >= 4 is 0 Å². The van der Waals surface area contributed by atoms with Crippen LogP contribution in [0.4, 0.5) is 0 Å². The van der Waals surface area contributed by atoms with Crippen molar-refractivity contribution in [2.24, 2.45) is 0 Å². The summed E-state index contributed by atoms with van der Waals surface area (Å²) in [4.78, 5) is 0. The van der Waals surface area contributed by atoms with Gasteiger partial charge in [-0.3, -0.25) is 0 Å². The zero-order chi connectivity index (χ0) is 24.2. The first-order valence-corrected chi connectivity index (χ1v) is 10.5. The van der Waals surface area contributed by atoms with E-state index in [1.165, 1.54) is 14.2 Å². The summed E-state index contributed by atoms with van der Waals surface area (Å²) >= 11 is 0. The summed E-state index contributed by atoms with van der Waals surface area (Å²) in [5.41, 5.74) is 1.81. The molecule has 0 aromatic heterocycles. The molecule has 1 unspecified atom stereocenters. The van der Waals surface area contributed by atoms with Crippen LogP contribution in [0.15, 0.2) is 48.5 Å². The Balaban J connectivity index is 2.51. The number of aliphatic hydroxyl groups is 5. The van der Waals surface area contributed by atoms with Crippen molar-refractivity contribution in [1.82, 2.24) is 0 Å². The lowest BCUT2D eigenvalue weighted by atomic mass is 9.75. The number of hydrogen-bond acceptors (Lipinski definition) is 7. The van der Waals surface area contributed by atoms with Gasteiger partial charge in [-0.15, -0.1) is 0 Å². The van der Waals surface area contributed by atoms with Crippen molar-refractivity contribution in [1.29, 1.82) is 0 Å². The van der Waals surface area contributed by atoms with Crippen molar-refractivity contribution < 1.29 is 35.0 Å². The number of benzene rings is 3. The molecule has 0 fully saturated rings. The second-order valence-electron chi connectivity index (χ2n) is 7.87. The van der Waals surface area contributed by atoms with Crippen LogP contribution in [-0.2, 0) is 32.0 Å². The molecule has 5 N–H and O–H groups in total. The van der Waals surface area contributed by atoms with Gasteiger partial charge in [0, 0.05) is 11.1 Å². The Labute approximate surface area is 193 Å². The van der Waals surface area contributed by atoms with Gasteiger partial charge in [0.05, 0.1) is 40.6 Å². The molecule has 33 heavy (non-hydrogen) atoms. The van der Waals surface area contributed by atoms with Crippen LogP contribution in [-0.4, -0.2) is 39.8 Å². The zero-order valence-corrected chi connectivity index (χ0v) is 19.0. The van der Waals surface area contributed by atoms with E-state index in [1.807, 2.05) is 13.0 Å². The van der Waals surface area contributed by atoms with Gasteiger partial charge in [0.15, 0.2) is 0 Å². The molecular formula is C26H30O7. The molecule has 0 spiro atoms. The minimum atomic E-state index is -1.91. The lowest BCUT2D eigenvalue weighted by molar-refractivity contribution is 0.112. The third kappa shape index (κ3) is 4.46. The molecule has 0 amide bonds. The topological polar surface area (TPSA) is 120 Å². The van der Waals surface area contributed by atoms with Crippen molar-refractivity contribution in [3.05, 3.63) is 93.0 Å². The number of aliphatic hydroxyl groups excluding tert-OH is 4. The van der Waals surface area contributed by atoms with Crippen LogP contribution in [0, 0.1) is 6.92 Å². The van der Waals surface area contributed by atoms with E-state index in [1.54, 1.807) is 42.5 Å². The first kappa shape index (κ1) is 24.7. The molecule has 3 rings (SSSR count). The fourth-order valence-electron chi connectivity index (χ4n) is 4.27. The van der Waals surface area contributed by atoms with Gasteiger partial charge in [-0.05, 0) is 52.4 Å². The molecular weight excluding hydrogens is 424 g/mol. The van der Waals surface area contributed by atoms with Crippen LogP contribution in [0.2, 0.25) is 0 Å². The summed E-state index contributed by atoms with van der Waals surface area (Å²) < 4.78 is 11.2. The minimum Gasteiger partial charge on any atom is -0.496 e. The molecule has 1 atom stereocenters. The highest BCUT2D eigenvalue weighted by molar-refractivity contribution is 5.61. The molecule has 0 aliphatic heterocycles. The highest BCUT2D eigenvalue weighted by Gasteiger charge is 2.42. The van der Waals surface area contributed by atoms with Crippen LogP contribution in [0.3, 0.4) is 0 Å². The monoisotopic (exact) mass is 454 g/mol. The number of ether oxygens (including phenoxy) is 2. The summed E-state index contributed by atoms with van der Waals surface area (Å²) in [6.07, 6.45) is 0. The smallest absolute Gasteiger partial charge is 0.148 e. The van der Waals surface area contributed by atoms with Crippen LogP contribution < -0.4 is 9.47 Å². The largest absolute Gasteiger partial charge is 0.496 e. The molecule has 7 nitrogen and oxygen atoms in total. The Hall–Kier alpha value is -2.94. The predicted molar refractivity (Wildman–Crippen MR) is 123 cm³/mol. The Kier molecular flexibility index (Phi) is 7.73. The number of methoxy groups -OCH3 is 2. The van der Waals surface area contributed by atoms with E-state index in [-0.39, 0.29) is 24.5 Å². The van der Waals surface area contributed by atoms with Crippen molar-refractivity contribution in [2.45, 2.75) is 39.0 Å². The van der Waals surface area contributed by atoms with Gasteiger partial charge in [-0.25, -0.2) is 0 Å². The third-order valence-corrected chi connectivity index (χ3v) is 5.84. The highest BCUT2D eigenvalue weighted by atomic mass is 16.5. The lowest BCUT2D eigenvalue weighted by Crippen LogP contribution is -2.33. The second-order valence-corrected chi connectivity index (χ2v) is 7.87. The Morgan fingerprint density at radius 1 is 0.667 bits per heavy atom. The lowest BCUT2D eigenvalue weighted by Gasteiger charge is -2.35. The fourth-order valence-corrected chi connectivity index (χ4v) is 4.27. The van der Waals surface area contributed by atoms with Gasteiger partial charge in [-0.1, -0.05) is 36.4 Å². The summed E-state index contributed by atoms with van der Waals surface area (Å²) in [6, 6.07) is 13.5. The maximum atomic E-state index is 12.6. The van der Waals surface area contributed by atoms with E-state index >= 15 is 0 Å². The van der Waals surface area contributed by atoms with E-state index in [0.717, 1.165) is 5.56 Å². The Bertz CT molecular complexity index is 1100. The van der Waals surface area contributed by atoms with Crippen molar-refractivity contribution in [3.8, 4) is 11.5 Å². The molecule has 0 bridgehead atoms. The normalized spacial score (nSPS) is 13.0. The molecule has 0 saturated carbocycles. The molecule has 176 valence electrons. The standard InChI is InChI=1S/C26H30O7/c1-16-4-6-22(23(8-16)32-2)26(31,21-7-5-17(12-27)9-19(21)14-29)25-20(15-30)10-18(13-28)11-24(25)33-3/h4-11,27-31H,12-15H2,1-3H3. The van der Waals surface area contributed by atoms with Crippen molar-refractivity contribution in [2.75, 3.05) is 14.2 Å². The van der Waals surface area contributed by atoms with E-state index < -0.39 is 18.8 Å². The first-order chi connectivity index (χ1) is 15.9. The van der Waals surface area contributed by atoms with Crippen LogP contribution in [0.5, 0.6) is 11.5 Å². The van der Waals surface area contributed by atoms with Gasteiger partial charge >= 0.3 is 0 Å². The quantitative estimate of drug-likeness (QED) is 0.315. The molecule has 0 aliphatic carbocycles. The fraction of sp³-hybridized carbons (Fsp3) is 0.308. The van der Waals surface area contributed by atoms with E-state index in [4.69, 9.17) is 9.47 Å². The molecule has 3 aromatic rings. The van der Waals surface area contributed by atoms with Crippen LogP contribution in [0.1, 0.15) is 44.5 Å². The van der Waals surface area contributed by atoms with Gasteiger partial charge in [0.25, 0.3) is 0 Å². The van der Waals surface area contributed by atoms with Gasteiger partial charge in [0.2, 0.25) is 0 Å². The second kappa shape index (κ2) is 10.3. The van der Waals surface area contributed by atoms with Gasteiger partial charge < -0.3 is 35.0 Å². The highest BCUT2D eigenvalue weighted by Crippen LogP contribution is 2.48. The van der Waals surface area contributed by atoms with Gasteiger partial charge in [-0.2, -0.15) is 0 Å². The minimum absolute atomic E-state index is 0.226. The van der Waals surface area contributed by atoms with E-state index in [9.17, 15) is 25.5 Å². The first-order valence-electron chi connectivity index (χ1n) is 10.5. The summed E-state index contributed by atoms with van der Waals surface area (Å²) in [6.45, 7) is 0.569. The summed E-state index contributed by atoms with van der Waals surface area (Å²) in [5.74, 6) is 0.663. The number of aryl methyl sites for hydroxylation is 1. The maximum Gasteiger partial charge on any atom is 0.148 e. The Morgan fingerprint density at radius 3 is 1.85 bits per heavy atom. The molecule has 0 aliphatic rings. The predicted octanol–water partition coefficient (Wildman–Crippen LogP) is 2.27. The third-order valence-electron chi connectivity index (χ3n) is 5.84. The molecule has 3 aromatic carbocycles. The maximum absolute atomic E-state index is 12.6. The molecule has 0 heterocycles. The van der Waals surface area contributed by atoms with E-state index in [2.05, 4.69) is 0 Å². The average Bonchev–Trinajstić information content (AvgIpc) is 2.86. The molecule has 0 saturated heterocycles. The van der Waals surface area contributed by atoms with Crippen molar-refractivity contribution in [3.63, 3.8) is 0 Å². The summed E-state index contributed by atoms with van der Waals surface area (Å²) in [5, 5.41) is 52.2. The molecule has 0 radical (unpaired) electrons. The molecule has 7 heteroatoms. The summed E-state index contributed by atoms with van der Waals surface area (Å²) in [7, 11) is 2.94. The number of rotatable bonds is 9. The van der Waals surface area contributed by atoms with Crippen LogP contribution >= 0.6 is 0 Å². The van der Waals surface area contributed by atoms with E-state index in [0.29, 0.717) is 39.1 Å². The average molecular weight is 455 g/mol. The number of hydrogen-bond donors (Lipinski definition) is 5. The Morgan fingerprint density at radius 2 is 1.27 bits per heavy atom.